The first kappa shape index (κ1) is 13.9. The number of aryl methyl sites for hydroxylation is 2. The minimum atomic E-state index is 0.0958. The number of rotatable bonds is 6. The summed E-state index contributed by atoms with van der Waals surface area (Å²) in [5.41, 5.74) is 1.25. The third-order valence-electron chi connectivity index (χ3n) is 2.64. The van der Waals surface area contributed by atoms with Gasteiger partial charge in [0.25, 0.3) is 0 Å². The maximum Gasteiger partial charge on any atom is 0.132 e. The molecule has 1 N–H and O–H groups in total. The molecule has 0 amide bonds. The van der Waals surface area contributed by atoms with E-state index in [1.54, 1.807) is 7.11 Å². The van der Waals surface area contributed by atoms with Crippen LogP contribution in [0.1, 0.15) is 32.2 Å². The highest BCUT2D eigenvalue weighted by Crippen LogP contribution is 2.18. The van der Waals surface area contributed by atoms with Crippen molar-refractivity contribution in [3.63, 3.8) is 0 Å². The number of anilines is 1. The maximum atomic E-state index is 5.20. The van der Waals surface area contributed by atoms with E-state index in [0.717, 1.165) is 36.8 Å². The maximum absolute atomic E-state index is 5.20. The minimum Gasteiger partial charge on any atom is -0.384 e. The van der Waals surface area contributed by atoms with Gasteiger partial charge in [-0.2, -0.15) is 0 Å². The summed E-state index contributed by atoms with van der Waals surface area (Å²) in [6.07, 6.45) is 2.83. The number of hydrogen-bond donors (Lipinski definition) is 1. The van der Waals surface area contributed by atoms with Crippen LogP contribution in [0.2, 0.25) is 0 Å². The normalized spacial score (nSPS) is 11.6. The van der Waals surface area contributed by atoms with Crippen molar-refractivity contribution in [3.8, 4) is 0 Å². The fraction of sp³-hybridized carbons (Fsp3) is 0.692. The summed E-state index contributed by atoms with van der Waals surface area (Å²) in [6, 6.07) is 0. The van der Waals surface area contributed by atoms with Crippen molar-refractivity contribution in [2.45, 2.75) is 34.1 Å². The lowest BCUT2D eigenvalue weighted by atomic mass is 9.95. The van der Waals surface area contributed by atoms with E-state index in [9.17, 15) is 0 Å². The Balaban J connectivity index is 2.71. The molecule has 0 saturated heterocycles. The number of nitrogens with one attached hydrogen (secondary N) is 1. The number of aromatic nitrogens is 2. The van der Waals surface area contributed by atoms with Crippen LogP contribution in [-0.4, -0.2) is 30.2 Å². The van der Waals surface area contributed by atoms with E-state index >= 15 is 0 Å². The molecular formula is C13H23N3O. The molecule has 0 spiro atoms. The van der Waals surface area contributed by atoms with Crippen molar-refractivity contribution >= 4 is 5.82 Å². The van der Waals surface area contributed by atoms with E-state index < -0.39 is 0 Å². The number of nitrogens with zero attached hydrogens (tertiary/aromatic N) is 2. The Labute approximate surface area is 104 Å². The Hall–Kier alpha value is -1.16. The van der Waals surface area contributed by atoms with Gasteiger partial charge >= 0.3 is 0 Å². The molecule has 4 nitrogen and oxygen atoms in total. The standard InChI is InChI=1S/C13H23N3O/c1-6-11-7-14-10(2)16-12(11)15-8-13(3,4)9-17-5/h7H,6,8-9H2,1-5H3,(H,14,15,16). The zero-order valence-electron chi connectivity index (χ0n) is 11.5. The first-order valence-electron chi connectivity index (χ1n) is 6.04. The van der Waals surface area contributed by atoms with Crippen LogP contribution in [0, 0.1) is 12.3 Å². The Morgan fingerprint density at radius 1 is 1.41 bits per heavy atom. The van der Waals surface area contributed by atoms with E-state index in [4.69, 9.17) is 4.74 Å². The average Bonchev–Trinajstić information content (AvgIpc) is 2.27. The molecule has 0 atom stereocenters. The molecule has 0 saturated carbocycles. The highest BCUT2D eigenvalue weighted by Gasteiger charge is 2.18. The molecule has 0 fully saturated rings. The topological polar surface area (TPSA) is 47.0 Å². The van der Waals surface area contributed by atoms with Crippen LogP contribution in [0.3, 0.4) is 0 Å². The molecule has 17 heavy (non-hydrogen) atoms. The summed E-state index contributed by atoms with van der Waals surface area (Å²) in [5, 5.41) is 3.40. The lowest BCUT2D eigenvalue weighted by Crippen LogP contribution is -2.28. The number of hydrogen-bond acceptors (Lipinski definition) is 4. The summed E-state index contributed by atoms with van der Waals surface area (Å²) < 4.78 is 5.20. The zero-order chi connectivity index (χ0) is 12.9. The molecule has 0 bridgehead atoms. The van der Waals surface area contributed by atoms with Crippen LogP contribution in [0.25, 0.3) is 0 Å². The third kappa shape index (κ3) is 4.30. The van der Waals surface area contributed by atoms with Crippen LogP contribution in [0.15, 0.2) is 6.20 Å². The molecule has 96 valence electrons. The van der Waals surface area contributed by atoms with Gasteiger partial charge in [-0.15, -0.1) is 0 Å². The summed E-state index contributed by atoms with van der Waals surface area (Å²) >= 11 is 0. The van der Waals surface area contributed by atoms with Gasteiger partial charge in [-0.25, -0.2) is 9.97 Å². The highest BCUT2D eigenvalue weighted by molar-refractivity contribution is 5.43. The van der Waals surface area contributed by atoms with Crippen LogP contribution in [-0.2, 0) is 11.2 Å². The lowest BCUT2D eigenvalue weighted by molar-refractivity contribution is 0.112. The molecule has 0 aliphatic rings. The summed E-state index contributed by atoms with van der Waals surface area (Å²) in [5.74, 6) is 1.75. The first-order chi connectivity index (χ1) is 7.98. The molecule has 1 heterocycles. The minimum absolute atomic E-state index is 0.0958. The number of ether oxygens (including phenoxy) is 1. The first-order valence-corrected chi connectivity index (χ1v) is 6.04. The smallest absolute Gasteiger partial charge is 0.132 e. The molecule has 0 aliphatic carbocycles. The van der Waals surface area contributed by atoms with Gasteiger partial charge in [0.15, 0.2) is 0 Å². The predicted molar refractivity (Wildman–Crippen MR) is 70.3 cm³/mol. The molecular weight excluding hydrogens is 214 g/mol. The predicted octanol–water partition coefficient (Wildman–Crippen LogP) is 2.43. The fourth-order valence-electron chi connectivity index (χ4n) is 1.67. The van der Waals surface area contributed by atoms with Gasteiger partial charge < -0.3 is 10.1 Å². The molecule has 0 unspecified atom stereocenters. The second-order valence-electron chi connectivity index (χ2n) is 5.10. The molecule has 0 aliphatic heterocycles. The van der Waals surface area contributed by atoms with E-state index in [1.807, 2.05) is 13.1 Å². The SMILES string of the molecule is CCc1cnc(C)nc1NCC(C)(C)COC. The van der Waals surface area contributed by atoms with Crippen molar-refractivity contribution < 1.29 is 4.74 Å². The van der Waals surface area contributed by atoms with E-state index in [0.29, 0.717) is 0 Å². The van der Waals surface area contributed by atoms with Gasteiger partial charge in [-0.05, 0) is 13.3 Å². The molecule has 0 aromatic carbocycles. The second-order valence-corrected chi connectivity index (χ2v) is 5.10. The lowest BCUT2D eigenvalue weighted by Gasteiger charge is -2.24. The molecule has 1 aromatic rings. The average molecular weight is 237 g/mol. The van der Waals surface area contributed by atoms with Gasteiger partial charge in [0.1, 0.15) is 11.6 Å². The van der Waals surface area contributed by atoms with Crippen LogP contribution in [0.4, 0.5) is 5.82 Å². The molecule has 4 heteroatoms. The molecule has 0 radical (unpaired) electrons. The largest absolute Gasteiger partial charge is 0.384 e. The summed E-state index contributed by atoms with van der Waals surface area (Å²) in [7, 11) is 1.73. The van der Waals surface area contributed by atoms with Gasteiger partial charge in [-0.1, -0.05) is 20.8 Å². The van der Waals surface area contributed by atoms with Crippen LogP contribution < -0.4 is 5.32 Å². The van der Waals surface area contributed by atoms with Crippen molar-refractivity contribution in [1.82, 2.24) is 9.97 Å². The van der Waals surface area contributed by atoms with Crippen molar-refractivity contribution in [2.75, 3.05) is 25.6 Å². The van der Waals surface area contributed by atoms with Gasteiger partial charge in [-0.3, -0.25) is 0 Å². The van der Waals surface area contributed by atoms with Crippen molar-refractivity contribution in [2.24, 2.45) is 5.41 Å². The quantitative estimate of drug-likeness (QED) is 0.825. The van der Waals surface area contributed by atoms with Crippen molar-refractivity contribution in [1.29, 1.82) is 0 Å². The summed E-state index contributed by atoms with van der Waals surface area (Å²) in [4.78, 5) is 8.66. The second kappa shape index (κ2) is 5.96. The number of methoxy groups -OCH3 is 1. The van der Waals surface area contributed by atoms with E-state index in [2.05, 4.69) is 36.1 Å². The van der Waals surface area contributed by atoms with Crippen LogP contribution >= 0.6 is 0 Å². The van der Waals surface area contributed by atoms with Gasteiger partial charge in [0.05, 0.1) is 6.61 Å². The Morgan fingerprint density at radius 3 is 2.71 bits per heavy atom. The Bertz CT molecular complexity index is 364. The van der Waals surface area contributed by atoms with E-state index in [1.165, 1.54) is 0 Å². The summed E-state index contributed by atoms with van der Waals surface area (Å²) in [6.45, 7) is 9.92. The fourth-order valence-corrected chi connectivity index (χ4v) is 1.67. The highest BCUT2D eigenvalue weighted by atomic mass is 16.5. The van der Waals surface area contributed by atoms with Gasteiger partial charge in [0.2, 0.25) is 0 Å². The third-order valence-corrected chi connectivity index (χ3v) is 2.64. The molecule has 1 aromatic heterocycles. The monoisotopic (exact) mass is 237 g/mol. The Kier molecular flexibility index (Phi) is 4.87. The molecule has 1 rings (SSSR count). The van der Waals surface area contributed by atoms with Gasteiger partial charge in [0, 0.05) is 30.8 Å². The van der Waals surface area contributed by atoms with Crippen molar-refractivity contribution in [3.05, 3.63) is 17.6 Å². The Morgan fingerprint density at radius 2 is 2.12 bits per heavy atom. The van der Waals surface area contributed by atoms with Crippen LogP contribution in [0.5, 0.6) is 0 Å². The van der Waals surface area contributed by atoms with E-state index in [-0.39, 0.29) is 5.41 Å². The zero-order valence-corrected chi connectivity index (χ0v) is 11.5.